The highest BCUT2D eigenvalue weighted by atomic mass is 35.5. The summed E-state index contributed by atoms with van der Waals surface area (Å²) in [4.78, 5) is 12.8. The van der Waals surface area contributed by atoms with E-state index in [-0.39, 0.29) is 11.6 Å². The van der Waals surface area contributed by atoms with E-state index in [1.54, 1.807) is 30.3 Å². The van der Waals surface area contributed by atoms with E-state index in [1.165, 1.54) is 11.3 Å². The number of benzene rings is 2. The number of rotatable bonds is 2. The molecule has 0 fully saturated rings. The Hall–Kier alpha value is -3.21. The number of halogens is 1. The zero-order chi connectivity index (χ0) is 19.0. The van der Waals surface area contributed by atoms with Crippen LogP contribution in [0.4, 0.5) is 5.69 Å². The van der Waals surface area contributed by atoms with Crippen molar-refractivity contribution >= 4 is 40.2 Å². The first-order chi connectivity index (χ1) is 13.1. The van der Waals surface area contributed by atoms with Crippen LogP contribution in [0.15, 0.2) is 58.0 Å². The van der Waals surface area contributed by atoms with Crippen LogP contribution in [0.3, 0.4) is 0 Å². The van der Waals surface area contributed by atoms with Crippen molar-refractivity contribution in [3.05, 3.63) is 68.8 Å². The number of nitriles is 1. The summed E-state index contributed by atoms with van der Waals surface area (Å²) in [5.74, 6) is -0.303. The van der Waals surface area contributed by atoms with Gasteiger partial charge in [0.2, 0.25) is 4.80 Å². The fourth-order valence-corrected chi connectivity index (χ4v) is 3.78. The SMILES string of the molecule is Cn1c(-c2ccc(C#N)cc2)cs/c1=N\N=C1\C(=O)Nc2ccc(Cl)cc21. The molecule has 0 unspecified atom stereocenters. The quantitative estimate of drug-likeness (QED) is 0.675. The van der Waals surface area contributed by atoms with Gasteiger partial charge in [0.25, 0.3) is 5.91 Å². The number of hydrogen-bond donors (Lipinski definition) is 1. The Bertz CT molecular complexity index is 1200. The molecule has 2 aromatic carbocycles. The average molecular weight is 394 g/mol. The minimum Gasteiger partial charge on any atom is -0.320 e. The maximum Gasteiger partial charge on any atom is 0.276 e. The lowest BCUT2D eigenvalue weighted by atomic mass is 10.1. The molecule has 1 aromatic heterocycles. The summed E-state index contributed by atoms with van der Waals surface area (Å²) in [6.07, 6.45) is 0. The zero-order valence-electron chi connectivity index (χ0n) is 14.1. The molecule has 0 spiro atoms. The highest BCUT2D eigenvalue weighted by Crippen LogP contribution is 2.26. The number of aromatic nitrogens is 1. The van der Waals surface area contributed by atoms with Gasteiger partial charge in [-0.15, -0.1) is 21.5 Å². The largest absolute Gasteiger partial charge is 0.320 e. The first-order valence-corrected chi connectivity index (χ1v) is 9.20. The van der Waals surface area contributed by atoms with Crippen molar-refractivity contribution in [3.8, 4) is 17.3 Å². The third-order valence-electron chi connectivity index (χ3n) is 4.17. The Kier molecular flexibility index (Phi) is 4.36. The number of anilines is 1. The molecule has 0 aliphatic carbocycles. The van der Waals surface area contributed by atoms with Gasteiger partial charge in [0, 0.05) is 23.0 Å². The van der Waals surface area contributed by atoms with E-state index in [2.05, 4.69) is 21.6 Å². The van der Waals surface area contributed by atoms with Crippen molar-refractivity contribution in [1.82, 2.24) is 4.57 Å². The smallest absolute Gasteiger partial charge is 0.276 e. The number of carbonyl (C=O) groups is 1. The maximum absolute atomic E-state index is 12.2. The molecule has 0 saturated heterocycles. The van der Waals surface area contributed by atoms with E-state index < -0.39 is 0 Å². The molecule has 0 radical (unpaired) electrons. The molecule has 1 aliphatic rings. The van der Waals surface area contributed by atoms with Gasteiger partial charge in [-0.05, 0) is 35.9 Å². The number of carbonyl (C=O) groups excluding carboxylic acids is 1. The minimum atomic E-state index is -0.303. The summed E-state index contributed by atoms with van der Waals surface area (Å²) >= 11 is 7.44. The van der Waals surface area contributed by atoms with Crippen molar-refractivity contribution in [1.29, 1.82) is 5.26 Å². The zero-order valence-corrected chi connectivity index (χ0v) is 15.7. The Balaban J connectivity index is 1.73. The second-order valence-electron chi connectivity index (χ2n) is 5.84. The third-order valence-corrected chi connectivity index (χ3v) is 5.31. The number of nitrogens with zero attached hydrogens (tertiary/aromatic N) is 4. The predicted octanol–water partition coefficient (Wildman–Crippen LogP) is 3.54. The van der Waals surface area contributed by atoms with E-state index in [0.29, 0.717) is 26.6 Å². The molecule has 6 nitrogen and oxygen atoms in total. The van der Waals surface area contributed by atoms with E-state index in [0.717, 1.165) is 11.3 Å². The normalized spacial score (nSPS) is 14.9. The number of hydrogen-bond acceptors (Lipinski definition) is 5. The second kappa shape index (κ2) is 6.83. The second-order valence-corrected chi connectivity index (χ2v) is 7.12. The Morgan fingerprint density at radius 2 is 1.96 bits per heavy atom. The standard InChI is InChI=1S/C19H12ClN5OS/c1-25-16(12-4-2-11(9-21)3-5-12)10-27-19(25)24-23-17-14-8-13(20)6-7-15(14)22-18(17)26/h2-8,10H,1H3,(H,22,23,26)/b24-19-. The Labute approximate surface area is 163 Å². The van der Waals surface area contributed by atoms with Crippen LogP contribution >= 0.6 is 22.9 Å². The van der Waals surface area contributed by atoms with Crippen molar-refractivity contribution in [2.45, 2.75) is 0 Å². The molecule has 0 atom stereocenters. The average Bonchev–Trinajstić information content (AvgIpc) is 3.19. The van der Waals surface area contributed by atoms with E-state index in [4.69, 9.17) is 16.9 Å². The molecule has 8 heteroatoms. The van der Waals surface area contributed by atoms with Crippen molar-refractivity contribution in [2.24, 2.45) is 17.3 Å². The van der Waals surface area contributed by atoms with Crippen LogP contribution in [0.1, 0.15) is 11.1 Å². The highest BCUT2D eigenvalue weighted by molar-refractivity contribution is 7.07. The van der Waals surface area contributed by atoms with Crippen LogP contribution in [-0.2, 0) is 11.8 Å². The first kappa shape index (κ1) is 17.2. The van der Waals surface area contributed by atoms with Gasteiger partial charge in [-0.3, -0.25) is 4.79 Å². The highest BCUT2D eigenvalue weighted by Gasteiger charge is 2.26. The minimum absolute atomic E-state index is 0.237. The van der Waals surface area contributed by atoms with Crippen LogP contribution in [0.5, 0.6) is 0 Å². The molecule has 0 saturated carbocycles. The van der Waals surface area contributed by atoms with Crippen LogP contribution in [0, 0.1) is 11.3 Å². The summed E-state index contributed by atoms with van der Waals surface area (Å²) in [5, 5.41) is 22.6. The maximum atomic E-state index is 12.2. The van der Waals surface area contributed by atoms with Gasteiger partial charge in [-0.2, -0.15) is 5.26 Å². The summed E-state index contributed by atoms with van der Waals surface area (Å²) in [7, 11) is 1.88. The molecule has 27 heavy (non-hydrogen) atoms. The first-order valence-electron chi connectivity index (χ1n) is 7.95. The lowest BCUT2D eigenvalue weighted by Crippen LogP contribution is -2.15. The molecule has 132 valence electrons. The topological polar surface area (TPSA) is 82.5 Å². The molecule has 1 N–H and O–H groups in total. The van der Waals surface area contributed by atoms with Crippen molar-refractivity contribution < 1.29 is 4.79 Å². The Morgan fingerprint density at radius 1 is 1.19 bits per heavy atom. The van der Waals surface area contributed by atoms with Crippen LogP contribution < -0.4 is 10.1 Å². The molecular weight excluding hydrogens is 382 g/mol. The molecule has 0 bridgehead atoms. The number of thiazole rings is 1. The molecule has 4 rings (SSSR count). The van der Waals surface area contributed by atoms with E-state index >= 15 is 0 Å². The molecule has 1 aliphatic heterocycles. The van der Waals surface area contributed by atoms with E-state index in [1.807, 2.05) is 29.1 Å². The molecule has 3 aromatic rings. The summed E-state index contributed by atoms with van der Waals surface area (Å²) in [5.41, 5.74) is 4.08. The lowest BCUT2D eigenvalue weighted by molar-refractivity contribution is -0.110. The summed E-state index contributed by atoms with van der Waals surface area (Å²) in [6.45, 7) is 0. The summed E-state index contributed by atoms with van der Waals surface area (Å²) in [6, 6.07) is 14.6. The van der Waals surface area contributed by atoms with Gasteiger partial charge >= 0.3 is 0 Å². The van der Waals surface area contributed by atoms with Crippen LogP contribution in [-0.4, -0.2) is 16.2 Å². The van der Waals surface area contributed by atoms with Crippen molar-refractivity contribution in [2.75, 3.05) is 5.32 Å². The monoisotopic (exact) mass is 393 g/mol. The lowest BCUT2D eigenvalue weighted by Gasteiger charge is -2.02. The van der Waals surface area contributed by atoms with Gasteiger partial charge in [-0.25, -0.2) is 0 Å². The molecule has 1 amide bonds. The fraction of sp³-hybridized carbons (Fsp3) is 0.0526. The fourth-order valence-electron chi connectivity index (χ4n) is 2.75. The van der Waals surface area contributed by atoms with Crippen LogP contribution in [0.25, 0.3) is 11.3 Å². The van der Waals surface area contributed by atoms with Gasteiger partial charge < -0.3 is 9.88 Å². The third kappa shape index (κ3) is 3.16. The number of nitrogens with one attached hydrogen (secondary N) is 1. The predicted molar refractivity (Wildman–Crippen MR) is 106 cm³/mol. The molecule has 2 heterocycles. The summed E-state index contributed by atoms with van der Waals surface area (Å²) < 4.78 is 1.89. The number of amides is 1. The van der Waals surface area contributed by atoms with E-state index in [9.17, 15) is 4.79 Å². The van der Waals surface area contributed by atoms with Gasteiger partial charge in [-0.1, -0.05) is 23.7 Å². The van der Waals surface area contributed by atoms with Crippen molar-refractivity contribution in [3.63, 3.8) is 0 Å². The Morgan fingerprint density at radius 3 is 2.70 bits per heavy atom. The van der Waals surface area contributed by atoms with Gasteiger partial charge in [0.15, 0.2) is 5.71 Å². The van der Waals surface area contributed by atoms with Gasteiger partial charge in [0.1, 0.15) is 0 Å². The van der Waals surface area contributed by atoms with Crippen LogP contribution in [0.2, 0.25) is 5.02 Å². The molecular formula is C19H12ClN5OS. The number of fused-ring (bicyclic) bond motifs is 1. The van der Waals surface area contributed by atoms with Gasteiger partial charge in [0.05, 0.1) is 23.0 Å².